The molecule has 1 N–H and O–H groups in total. The van der Waals surface area contributed by atoms with E-state index in [9.17, 15) is 9.59 Å². The molecule has 21 heavy (non-hydrogen) atoms. The lowest BCUT2D eigenvalue weighted by Crippen LogP contribution is -2.46. The van der Waals surface area contributed by atoms with Crippen LogP contribution in [-0.4, -0.2) is 28.9 Å². The Morgan fingerprint density at radius 2 is 1.71 bits per heavy atom. The first-order valence-corrected chi connectivity index (χ1v) is 7.48. The lowest BCUT2D eigenvalue weighted by Gasteiger charge is -2.39. The zero-order valence-electron chi connectivity index (χ0n) is 12.8. The van der Waals surface area contributed by atoms with Crippen molar-refractivity contribution in [2.24, 2.45) is 17.8 Å². The fourth-order valence-corrected chi connectivity index (χ4v) is 3.20. The second-order valence-electron chi connectivity index (χ2n) is 6.18. The van der Waals surface area contributed by atoms with Crippen molar-refractivity contribution in [2.45, 2.75) is 32.7 Å². The van der Waals surface area contributed by atoms with Crippen LogP contribution < -0.4 is 0 Å². The summed E-state index contributed by atoms with van der Waals surface area (Å²) in [4.78, 5) is 25.5. The number of hydrogen-bond donors (Lipinski definition) is 1. The average molecular weight is 289 g/mol. The summed E-state index contributed by atoms with van der Waals surface area (Å²) in [5.74, 6) is -1.50. The third-order valence-corrected chi connectivity index (χ3v) is 4.45. The van der Waals surface area contributed by atoms with Gasteiger partial charge in [-0.15, -0.1) is 0 Å². The Morgan fingerprint density at radius 3 is 2.14 bits per heavy atom. The monoisotopic (exact) mass is 289 g/mol. The van der Waals surface area contributed by atoms with E-state index in [1.807, 2.05) is 30.3 Å². The molecule has 3 atom stereocenters. The molecule has 0 heterocycles. The quantitative estimate of drug-likeness (QED) is 0.906. The third kappa shape index (κ3) is 3.09. The summed E-state index contributed by atoms with van der Waals surface area (Å²) < 4.78 is 0. The van der Waals surface area contributed by atoms with Crippen LogP contribution in [0.3, 0.4) is 0 Å². The number of aliphatic carboxylic acids is 1. The Kier molecular flexibility index (Phi) is 4.66. The van der Waals surface area contributed by atoms with Crippen LogP contribution in [-0.2, 0) is 9.59 Å². The molecule has 1 amide bonds. The van der Waals surface area contributed by atoms with Gasteiger partial charge in [-0.3, -0.25) is 9.59 Å². The largest absolute Gasteiger partial charge is 0.481 e. The molecule has 1 fully saturated rings. The van der Waals surface area contributed by atoms with E-state index in [2.05, 4.69) is 13.8 Å². The van der Waals surface area contributed by atoms with Gasteiger partial charge in [-0.2, -0.15) is 0 Å². The molecule has 0 aliphatic heterocycles. The first-order chi connectivity index (χ1) is 9.93. The number of carbonyl (C=O) groups is 2. The van der Waals surface area contributed by atoms with Crippen LogP contribution in [0.5, 0.6) is 0 Å². The Balaban J connectivity index is 2.18. The van der Waals surface area contributed by atoms with Crippen molar-refractivity contribution in [3.8, 4) is 0 Å². The molecule has 1 aromatic rings. The summed E-state index contributed by atoms with van der Waals surface area (Å²) in [5, 5.41) is 9.13. The summed E-state index contributed by atoms with van der Waals surface area (Å²) in [6.45, 7) is 4.16. The van der Waals surface area contributed by atoms with E-state index in [1.54, 1.807) is 11.9 Å². The molecule has 0 spiro atoms. The molecule has 0 bridgehead atoms. The highest BCUT2D eigenvalue weighted by Gasteiger charge is 2.43. The van der Waals surface area contributed by atoms with Gasteiger partial charge in [0.25, 0.3) is 0 Å². The third-order valence-electron chi connectivity index (χ3n) is 4.45. The predicted molar refractivity (Wildman–Crippen MR) is 80.6 cm³/mol. The first-order valence-electron chi connectivity index (χ1n) is 7.48. The molecule has 1 aromatic carbocycles. The molecule has 3 unspecified atom stereocenters. The summed E-state index contributed by atoms with van der Waals surface area (Å²) in [6.07, 6.45) is 1.29. The smallest absolute Gasteiger partial charge is 0.307 e. The Morgan fingerprint density at radius 1 is 1.14 bits per heavy atom. The number of nitrogens with zero attached hydrogens (tertiary/aromatic N) is 1. The van der Waals surface area contributed by atoms with E-state index in [4.69, 9.17) is 5.11 Å². The molecular formula is C17H23NO3. The topological polar surface area (TPSA) is 57.6 Å². The zero-order valence-corrected chi connectivity index (χ0v) is 12.8. The van der Waals surface area contributed by atoms with E-state index in [-0.39, 0.29) is 23.8 Å². The van der Waals surface area contributed by atoms with Crippen molar-refractivity contribution in [3.05, 3.63) is 35.9 Å². The average Bonchev–Trinajstić information content (AvgIpc) is 2.37. The van der Waals surface area contributed by atoms with E-state index in [0.717, 1.165) is 5.56 Å². The number of benzene rings is 1. The molecule has 1 saturated carbocycles. The van der Waals surface area contributed by atoms with Gasteiger partial charge in [0.05, 0.1) is 17.9 Å². The zero-order chi connectivity index (χ0) is 15.6. The molecule has 1 aliphatic carbocycles. The van der Waals surface area contributed by atoms with Crippen LogP contribution >= 0.6 is 0 Å². The number of carboxylic acid groups (broad SMARTS) is 1. The molecule has 4 nitrogen and oxygen atoms in total. The van der Waals surface area contributed by atoms with Gasteiger partial charge in [0, 0.05) is 7.05 Å². The maximum absolute atomic E-state index is 12.6. The first kappa shape index (κ1) is 15.5. The van der Waals surface area contributed by atoms with Crippen molar-refractivity contribution >= 4 is 11.9 Å². The standard InChI is InChI=1S/C17H23NO3/c1-11(2)15(12-7-5-4-6-8-12)18(3)16(19)13-9-10-14(13)17(20)21/h4-8,11,13-15H,9-10H2,1-3H3,(H,20,21). The SMILES string of the molecule is CC(C)C(c1ccccc1)N(C)C(=O)C1CCC1C(=O)O. The minimum Gasteiger partial charge on any atom is -0.481 e. The lowest BCUT2D eigenvalue weighted by atomic mass is 9.72. The predicted octanol–water partition coefficient (Wildman–Crippen LogP) is 2.95. The molecule has 1 aliphatic rings. The fourth-order valence-electron chi connectivity index (χ4n) is 3.20. The van der Waals surface area contributed by atoms with E-state index < -0.39 is 11.9 Å². The van der Waals surface area contributed by atoms with Gasteiger partial charge >= 0.3 is 5.97 Å². The number of carboxylic acids is 1. The highest BCUT2D eigenvalue weighted by molar-refractivity contribution is 5.86. The Hall–Kier alpha value is -1.84. The van der Waals surface area contributed by atoms with Gasteiger partial charge in [0.15, 0.2) is 0 Å². The van der Waals surface area contributed by atoms with Crippen molar-refractivity contribution in [2.75, 3.05) is 7.05 Å². The number of rotatable bonds is 5. The summed E-state index contributed by atoms with van der Waals surface area (Å²) in [7, 11) is 1.79. The summed E-state index contributed by atoms with van der Waals surface area (Å²) in [6, 6.07) is 9.90. The fraction of sp³-hybridized carbons (Fsp3) is 0.529. The second kappa shape index (κ2) is 6.29. The normalized spacial score (nSPS) is 22.5. The van der Waals surface area contributed by atoms with Crippen LogP contribution in [0, 0.1) is 17.8 Å². The Labute approximate surface area is 125 Å². The number of amides is 1. The van der Waals surface area contributed by atoms with Gasteiger partial charge in [0.2, 0.25) is 5.91 Å². The number of hydrogen-bond acceptors (Lipinski definition) is 2. The van der Waals surface area contributed by atoms with Crippen LogP contribution in [0.25, 0.3) is 0 Å². The van der Waals surface area contributed by atoms with Crippen molar-refractivity contribution in [1.82, 2.24) is 4.90 Å². The van der Waals surface area contributed by atoms with E-state index in [0.29, 0.717) is 12.8 Å². The van der Waals surface area contributed by atoms with Gasteiger partial charge in [-0.1, -0.05) is 44.2 Å². The lowest BCUT2D eigenvalue weighted by molar-refractivity contribution is -0.157. The highest BCUT2D eigenvalue weighted by Crippen LogP contribution is 2.38. The van der Waals surface area contributed by atoms with Crippen LogP contribution in [0.1, 0.15) is 38.3 Å². The van der Waals surface area contributed by atoms with Crippen LogP contribution in [0.2, 0.25) is 0 Å². The number of carbonyl (C=O) groups excluding carboxylic acids is 1. The van der Waals surface area contributed by atoms with E-state index in [1.165, 1.54) is 0 Å². The maximum atomic E-state index is 12.6. The molecule has 2 rings (SSSR count). The van der Waals surface area contributed by atoms with Gasteiger partial charge < -0.3 is 10.0 Å². The second-order valence-corrected chi connectivity index (χ2v) is 6.18. The van der Waals surface area contributed by atoms with Crippen molar-refractivity contribution < 1.29 is 14.7 Å². The summed E-state index contributed by atoms with van der Waals surface area (Å²) in [5.41, 5.74) is 1.09. The molecule has 0 radical (unpaired) electrons. The summed E-state index contributed by atoms with van der Waals surface area (Å²) >= 11 is 0. The van der Waals surface area contributed by atoms with Gasteiger partial charge in [-0.05, 0) is 24.3 Å². The van der Waals surface area contributed by atoms with E-state index >= 15 is 0 Å². The van der Waals surface area contributed by atoms with Crippen molar-refractivity contribution in [1.29, 1.82) is 0 Å². The highest BCUT2D eigenvalue weighted by atomic mass is 16.4. The van der Waals surface area contributed by atoms with Gasteiger partial charge in [-0.25, -0.2) is 0 Å². The van der Waals surface area contributed by atoms with Crippen LogP contribution in [0.15, 0.2) is 30.3 Å². The minimum atomic E-state index is -0.853. The van der Waals surface area contributed by atoms with Crippen LogP contribution in [0.4, 0.5) is 0 Å². The van der Waals surface area contributed by atoms with Gasteiger partial charge in [0.1, 0.15) is 0 Å². The minimum absolute atomic E-state index is 0.0197. The molecular weight excluding hydrogens is 266 g/mol. The molecule has 0 aromatic heterocycles. The molecule has 114 valence electrons. The maximum Gasteiger partial charge on any atom is 0.307 e. The molecule has 0 saturated heterocycles. The molecule has 4 heteroatoms. The Bertz CT molecular complexity index is 512. The van der Waals surface area contributed by atoms with Crippen molar-refractivity contribution in [3.63, 3.8) is 0 Å².